The summed E-state index contributed by atoms with van der Waals surface area (Å²) in [5.74, 6) is -0.697. The lowest BCUT2D eigenvalue weighted by molar-refractivity contribution is -0.111. The first-order chi connectivity index (χ1) is 10.2. The number of para-hydroxylation sites is 1. The average molecular weight is 281 g/mol. The van der Waals surface area contributed by atoms with E-state index in [2.05, 4.69) is 15.5 Å². The second kappa shape index (κ2) is 5.58. The van der Waals surface area contributed by atoms with Crippen molar-refractivity contribution in [2.45, 2.75) is 0 Å². The number of aromatic amines is 1. The lowest BCUT2D eigenvalue weighted by Crippen LogP contribution is -2.08. The molecule has 21 heavy (non-hydrogen) atoms. The van der Waals surface area contributed by atoms with E-state index in [1.54, 1.807) is 30.5 Å². The Morgan fingerprint density at radius 2 is 2.05 bits per heavy atom. The first kappa shape index (κ1) is 13.1. The molecule has 0 aliphatic heterocycles. The highest BCUT2D eigenvalue weighted by Gasteiger charge is 2.05. The van der Waals surface area contributed by atoms with E-state index in [9.17, 15) is 9.18 Å². The van der Waals surface area contributed by atoms with E-state index in [4.69, 9.17) is 0 Å². The van der Waals surface area contributed by atoms with Crippen LogP contribution in [0.15, 0.2) is 54.7 Å². The molecule has 0 fully saturated rings. The Morgan fingerprint density at radius 1 is 1.19 bits per heavy atom. The maximum atomic E-state index is 13.4. The molecule has 0 spiro atoms. The molecule has 5 heteroatoms. The normalized spacial score (nSPS) is 11.1. The van der Waals surface area contributed by atoms with E-state index >= 15 is 0 Å². The summed E-state index contributed by atoms with van der Waals surface area (Å²) in [4.78, 5) is 11.9. The summed E-state index contributed by atoms with van der Waals surface area (Å²) in [7, 11) is 0. The van der Waals surface area contributed by atoms with Gasteiger partial charge in [0.1, 0.15) is 5.82 Å². The van der Waals surface area contributed by atoms with E-state index in [1.165, 1.54) is 18.2 Å². The smallest absolute Gasteiger partial charge is 0.248 e. The van der Waals surface area contributed by atoms with Gasteiger partial charge in [-0.05, 0) is 18.2 Å². The van der Waals surface area contributed by atoms with E-state index in [1.807, 2.05) is 12.1 Å². The summed E-state index contributed by atoms with van der Waals surface area (Å²) in [6.45, 7) is 0. The van der Waals surface area contributed by atoms with E-state index < -0.39 is 0 Å². The van der Waals surface area contributed by atoms with E-state index in [0.29, 0.717) is 11.3 Å². The predicted octanol–water partition coefficient (Wildman–Crippen LogP) is 3.35. The van der Waals surface area contributed by atoms with Gasteiger partial charge in [-0.1, -0.05) is 30.3 Å². The Bertz CT molecular complexity index is 823. The molecule has 0 aliphatic rings. The van der Waals surface area contributed by atoms with Gasteiger partial charge in [0, 0.05) is 17.0 Å². The molecule has 0 atom stereocenters. The zero-order valence-corrected chi connectivity index (χ0v) is 11.0. The number of anilines is 1. The number of nitrogens with zero attached hydrogens (tertiary/aromatic N) is 1. The van der Waals surface area contributed by atoms with Gasteiger partial charge in [0.25, 0.3) is 0 Å². The number of fused-ring (bicyclic) bond motifs is 1. The lowest BCUT2D eigenvalue weighted by atomic mass is 10.2. The molecule has 3 aromatic rings. The van der Waals surface area contributed by atoms with Crippen LogP contribution in [0, 0.1) is 5.82 Å². The Balaban J connectivity index is 1.78. The quantitative estimate of drug-likeness (QED) is 0.723. The van der Waals surface area contributed by atoms with Crippen molar-refractivity contribution in [3.8, 4) is 0 Å². The van der Waals surface area contributed by atoms with E-state index in [-0.39, 0.29) is 11.7 Å². The van der Waals surface area contributed by atoms with Crippen molar-refractivity contribution in [2.24, 2.45) is 0 Å². The Hall–Kier alpha value is -2.95. The number of aromatic nitrogens is 2. The lowest BCUT2D eigenvalue weighted by Gasteiger charge is -2.03. The first-order valence-corrected chi connectivity index (χ1v) is 6.40. The Kier molecular flexibility index (Phi) is 3.47. The van der Waals surface area contributed by atoms with Crippen LogP contribution in [0.25, 0.3) is 17.0 Å². The fraction of sp³-hybridized carbons (Fsp3) is 0. The number of hydrogen-bond acceptors (Lipinski definition) is 2. The minimum Gasteiger partial charge on any atom is -0.321 e. The highest BCUT2D eigenvalue weighted by Crippen LogP contribution is 2.20. The van der Waals surface area contributed by atoms with Gasteiger partial charge in [0.2, 0.25) is 5.91 Å². The molecule has 1 aromatic heterocycles. The molecule has 4 nitrogen and oxygen atoms in total. The highest BCUT2D eigenvalue weighted by atomic mass is 19.1. The molecular formula is C16H12FN3O. The fourth-order valence-corrected chi connectivity index (χ4v) is 2.02. The van der Waals surface area contributed by atoms with Gasteiger partial charge in [-0.15, -0.1) is 0 Å². The molecule has 0 saturated carbocycles. The third-order valence-corrected chi connectivity index (χ3v) is 3.05. The van der Waals surface area contributed by atoms with Crippen molar-refractivity contribution in [1.82, 2.24) is 10.2 Å². The van der Waals surface area contributed by atoms with Crippen LogP contribution in [0.2, 0.25) is 0 Å². The second-order valence-corrected chi connectivity index (χ2v) is 4.48. The topological polar surface area (TPSA) is 57.8 Å². The number of H-pyrrole nitrogens is 1. The van der Waals surface area contributed by atoms with Crippen LogP contribution >= 0.6 is 0 Å². The standard InChI is InChI=1S/C16H12FN3O/c17-13-6-2-1-4-11(13)8-9-15(21)19-14-7-3-5-12-10-18-20-16(12)14/h1-10H,(H,18,20)(H,19,21). The predicted molar refractivity (Wildman–Crippen MR) is 80.2 cm³/mol. The van der Waals surface area contributed by atoms with Crippen LogP contribution in [-0.2, 0) is 4.79 Å². The molecule has 0 aliphatic carbocycles. The van der Waals surface area contributed by atoms with Crippen molar-refractivity contribution in [3.63, 3.8) is 0 Å². The van der Waals surface area contributed by atoms with E-state index in [0.717, 1.165) is 10.9 Å². The van der Waals surface area contributed by atoms with Crippen LogP contribution in [0.1, 0.15) is 5.56 Å². The molecule has 1 amide bonds. The van der Waals surface area contributed by atoms with Crippen LogP contribution in [0.3, 0.4) is 0 Å². The van der Waals surface area contributed by atoms with Crippen molar-refractivity contribution < 1.29 is 9.18 Å². The number of benzene rings is 2. The Morgan fingerprint density at radius 3 is 2.90 bits per heavy atom. The van der Waals surface area contributed by atoms with Gasteiger partial charge in [-0.2, -0.15) is 5.10 Å². The molecule has 0 saturated heterocycles. The number of rotatable bonds is 3. The van der Waals surface area contributed by atoms with Gasteiger partial charge >= 0.3 is 0 Å². The molecular weight excluding hydrogens is 269 g/mol. The van der Waals surface area contributed by atoms with Crippen molar-refractivity contribution in [1.29, 1.82) is 0 Å². The largest absolute Gasteiger partial charge is 0.321 e. The molecule has 0 unspecified atom stereocenters. The molecule has 0 radical (unpaired) electrons. The van der Waals surface area contributed by atoms with Gasteiger partial charge in [-0.25, -0.2) is 4.39 Å². The number of amides is 1. The molecule has 2 N–H and O–H groups in total. The van der Waals surface area contributed by atoms with Gasteiger partial charge in [-0.3, -0.25) is 9.89 Å². The van der Waals surface area contributed by atoms with Crippen LogP contribution in [0.4, 0.5) is 10.1 Å². The van der Waals surface area contributed by atoms with Crippen molar-refractivity contribution >= 4 is 28.6 Å². The first-order valence-electron chi connectivity index (χ1n) is 6.40. The average Bonchev–Trinajstić information content (AvgIpc) is 2.96. The molecule has 2 aromatic carbocycles. The second-order valence-electron chi connectivity index (χ2n) is 4.48. The zero-order chi connectivity index (χ0) is 14.7. The number of carbonyl (C=O) groups is 1. The number of nitrogens with one attached hydrogen (secondary N) is 2. The fourth-order valence-electron chi connectivity index (χ4n) is 2.02. The maximum absolute atomic E-state index is 13.4. The number of halogens is 1. The summed E-state index contributed by atoms with van der Waals surface area (Å²) in [5.41, 5.74) is 1.76. The van der Waals surface area contributed by atoms with Crippen molar-refractivity contribution in [2.75, 3.05) is 5.32 Å². The molecule has 0 bridgehead atoms. The van der Waals surface area contributed by atoms with Gasteiger partial charge in [0.05, 0.1) is 17.4 Å². The van der Waals surface area contributed by atoms with Gasteiger partial charge in [0.15, 0.2) is 0 Å². The van der Waals surface area contributed by atoms with Crippen LogP contribution in [0.5, 0.6) is 0 Å². The molecule has 1 heterocycles. The van der Waals surface area contributed by atoms with Gasteiger partial charge < -0.3 is 5.32 Å². The molecule has 104 valence electrons. The summed E-state index contributed by atoms with van der Waals surface area (Å²) in [6.07, 6.45) is 4.42. The Labute approximate surface area is 120 Å². The zero-order valence-electron chi connectivity index (χ0n) is 11.0. The summed E-state index contributed by atoms with van der Waals surface area (Å²) < 4.78 is 13.4. The maximum Gasteiger partial charge on any atom is 0.248 e. The SMILES string of the molecule is O=C(C=Cc1ccccc1F)Nc1cccc2cn[nH]c12. The third kappa shape index (κ3) is 2.81. The number of carbonyl (C=O) groups excluding carboxylic acids is 1. The van der Waals surface area contributed by atoms with Crippen LogP contribution in [-0.4, -0.2) is 16.1 Å². The summed E-state index contributed by atoms with van der Waals surface area (Å²) >= 11 is 0. The van der Waals surface area contributed by atoms with Crippen LogP contribution < -0.4 is 5.32 Å². The van der Waals surface area contributed by atoms with Crippen molar-refractivity contribution in [3.05, 3.63) is 66.1 Å². The minimum atomic E-state index is -0.364. The monoisotopic (exact) mass is 281 g/mol. The minimum absolute atomic E-state index is 0.333. The highest BCUT2D eigenvalue weighted by molar-refractivity contribution is 6.06. The molecule has 3 rings (SSSR count). The summed E-state index contributed by atoms with van der Waals surface area (Å²) in [6, 6.07) is 11.8. The number of hydrogen-bond donors (Lipinski definition) is 2. The third-order valence-electron chi connectivity index (χ3n) is 3.05. The summed E-state index contributed by atoms with van der Waals surface area (Å²) in [5, 5.41) is 10.4.